The van der Waals surface area contributed by atoms with Gasteiger partial charge in [-0.2, -0.15) is 5.10 Å². The number of aromatic nitrogens is 2. The molecule has 0 saturated carbocycles. The molecule has 15 heavy (non-hydrogen) atoms. The van der Waals surface area contributed by atoms with E-state index in [2.05, 4.69) is 5.10 Å². The first-order chi connectivity index (χ1) is 6.89. The topological polar surface area (TPSA) is 58.4 Å². The van der Waals surface area contributed by atoms with E-state index in [0.717, 1.165) is 5.69 Å². The van der Waals surface area contributed by atoms with Crippen LogP contribution < -0.4 is 0 Å². The van der Waals surface area contributed by atoms with Crippen LogP contribution in [0.4, 0.5) is 0 Å². The maximum absolute atomic E-state index is 11.9. The SMILES string of the molecule is Cc1cc(C(=O)N2CC(C)(O)C2)n(C)n1. The first-order valence-electron chi connectivity index (χ1n) is 4.91. The van der Waals surface area contributed by atoms with Crippen molar-refractivity contribution >= 4 is 5.91 Å². The maximum Gasteiger partial charge on any atom is 0.272 e. The lowest BCUT2D eigenvalue weighted by Gasteiger charge is -2.43. The molecule has 0 radical (unpaired) electrons. The minimum absolute atomic E-state index is 0.0652. The van der Waals surface area contributed by atoms with Crippen molar-refractivity contribution in [1.82, 2.24) is 14.7 Å². The maximum atomic E-state index is 11.9. The zero-order chi connectivity index (χ0) is 11.2. The third-order valence-electron chi connectivity index (χ3n) is 2.57. The Balaban J connectivity index is 2.13. The van der Waals surface area contributed by atoms with Crippen LogP contribution in [0.5, 0.6) is 0 Å². The summed E-state index contributed by atoms with van der Waals surface area (Å²) >= 11 is 0. The first kappa shape index (κ1) is 10.2. The summed E-state index contributed by atoms with van der Waals surface area (Å²) < 4.78 is 1.57. The molecule has 1 aromatic heterocycles. The van der Waals surface area contributed by atoms with Gasteiger partial charge in [0.15, 0.2) is 0 Å². The van der Waals surface area contributed by atoms with E-state index in [1.165, 1.54) is 0 Å². The van der Waals surface area contributed by atoms with Gasteiger partial charge in [-0.25, -0.2) is 0 Å². The quantitative estimate of drug-likeness (QED) is 0.704. The Bertz CT molecular complexity index is 401. The molecule has 0 aromatic carbocycles. The van der Waals surface area contributed by atoms with Gasteiger partial charge in [0.2, 0.25) is 0 Å². The molecule has 1 amide bonds. The summed E-state index contributed by atoms with van der Waals surface area (Å²) in [6.07, 6.45) is 0. The fraction of sp³-hybridized carbons (Fsp3) is 0.600. The number of hydrogen-bond donors (Lipinski definition) is 1. The van der Waals surface area contributed by atoms with Crippen LogP contribution in [0.15, 0.2) is 6.07 Å². The monoisotopic (exact) mass is 209 g/mol. The molecule has 2 rings (SSSR count). The molecule has 1 aromatic rings. The largest absolute Gasteiger partial charge is 0.386 e. The average molecular weight is 209 g/mol. The summed E-state index contributed by atoms with van der Waals surface area (Å²) in [4.78, 5) is 13.5. The minimum atomic E-state index is -0.719. The fourth-order valence-electron chi connectivity index (χ4n) is 1.89. The predicted molar refractivity (Wildman–Crippen MR) is 54.5 cm³/mol. The molecule has 0 aliphatic carbocycles. The van der Waals surface area contributed by atoms with Crippen molar-refractivity contribution < 1.29 is 9.90 Å². The Hall–Kier alpha value is -1.36. The highest BCUT2D eigenvalue weighted by Crippen LogP contribution is 2.22. The molecule has 2 heterocycles. The van der Waals surface area contributed by atoms with Gasteiger partial charge in [-0.05, 0) is 19.9 Å². The lowest BCUT2D eigenvalue weighted by Crippen LogP contribution is -2.61. The number of aliphatic hydroxyl groups is 1. The van der Waals surface area contributed by atoms with Gasteiger partial charge in [-0.1, -0.05) is 0 Å². The van der Waals surface area contributed by atoms with Crippen molar-refractivity contribution in [3.63, 3.8) is 0 Å². The van der Waals surface area contributed by atoms with Crippen molar-refractivity contribution in [1.29, 1.82) is 0 Å². The second-order valence-corrected chi connectivity index (χ2v) is 4.45. The first-order valence-corrected chi connectivity index (χ1v) is 4.91. The van der Waals surface area contributed by atoms with Crippen LogP contribution in [0.25, 0.3) is 0 Å². The summed E-state index contributed by atoms with van der Waals surface area (Å²) in [5.41, 5.74) is 0.680. The Morgan fingerprint density at radius 3 is 2.60 bits per heavy atom. The van der Waals surface area contributed by atoms with Crippen LogP contribution >= 0.6 is 0 Å². The zero-order valence-electron chi connectivity index (χ0n) is 9.19. The molecule has 0 atom stereocenters. The van der Waals surface area contributed by atoms with Crippen molar-refractivity contribution in [2.24, 2.45) is 7.05 Å². The second kappa shape index (κ2) is 3.06. The van der Waals surface area contributed by atoms with Crippen LogP contribution in [0.1, 0.15) is 23.1 Å². The molecule has 0 spiro atoms. The smallest absolute Gasteiger partial charge is 0.272 e. The summed E-state index contributed by atoms with van der Waals surface area (Å²) in [5, 5.41) is 13.7. The van der Waals surface area contributed by atoms with Crippen molar-refractivity contribution in [3.8, 4) is 0 Å². The lowest BCUT2D eigenvalue weighted by molar-refractivity contribution is -0.0672. The van der Waals surface area contributed by atoms with Crippen LogP contribution in [0.2, 0.25) is 0 Å². The van der Waals surface area contributed by atoms with E-state index in [4.69, 9.17) is 0 Å². The molecule has 1 fully saturated rings. The van der Waals surface area contributed by atoms with Gasteiger partial charge in [-0.15, -0.1) is 0 Å². The average Bonchev–Trinajstić information content (AvgIpc) is 2.40. The summed E-state index contributed by atoms with van der Waals surface area (Å²) in [6.45, 7) is 4.38. The van der Waals surface area contributed by atoms with Gasteiger partial charge in [0.05, 0.1) is 24.4 Å². The number of rotatable bonds is 1. The van der Waals surface area contributed by atoms with Crippen LogP contribution in [-0.2, 0) is 7.05 Å². The number of likely N-dealkylation sites (tertiary alicyclic amines) is 1. The van der Waals surface area contributed by atoms with Crippen molar-refractivity contribution in [3.05, 3.63) is 17.5 Å². The number of aryl methyl sites for hydroxylation is 2. The number of hydrogen-bond acceptors (Lipinski definition) is 3. The standard InChI is InChI=1S/C10H15N3O2/c1-7-4-8(12(3)11-7)9(14)13-5-10(2,15)6-13/h4,15H,5-6H2,1-3H3. The van der Waals surface area contributed by atoms with E-state index in [9.17, 15) is 9.90 Å². The van der Waals surface area contributed by atoms with Crippen LogP contribution in [-0.4, -0.2) is 44.4 Å². The molecule has 1 saturated heterocycles. The van der Waals surface area contributed by atoms with E-state index in [-0.39, 0.29) is 5.91 Å². The van der Waals surface area contributed by atoms with E-state index >= 15 is 0 Å². The predicted octanol–water partition coefficient (Wildman–Crippen LogP) is -0.0647. The molecule has 5 nitrogen and oxygen atoms in total. The van der Waals surface area contributed by atoms with E-state index in [1.54, 1.807) is 29.6 Å². The van der Waals surface area contributed by atoms with Gasteiger partial charge in [0.1, 0.15) is 5.69 Å². The number of carbonyl (C=O) groups excluding carboxylic acids is 1. The normalized spacial score (nSPS) is 18.8. The third-order valence-corrected chi connectivity index (χ3v) is 2.57. The van der Waals surface area contributed by atoms with Crippen molar-refractivity contribution in [2.75, 3.05) is 13.1 Å². The fourth-order valence-corrected chi connectivity index (χ4v) is 1.89. The van der Waals surface area contributed by atoms with E-state index < -0.39 is 5.60 Å². The Morgan fingerprint density at radius 2 is 2.20 bits per heavy atom. The van der Waals surface area contributed by atoms with E-state index in [0.29, 0.717) is 18.8 Å². The van der Waals surface area contributed by atoms with Crippen molar-refractivity contribution in [2.45, 2.75) is 19.4 Å². The van der Waals surface area contributed by atoms with Gasteiger partial charge in [0, 0.05) is 7.05 Å². The summed E-state index contributed by atoms with van der Waals surface area (Å²) in [5.74, 6) is -0.0652. The number of β-amino-alcohol motifs (C(OH)–C–C–N with tert-alkyl or cyclic N) is 1. The molecule has 1 N–H and O–H groups in total. The van der Waals surface area contributed by atoms with Crippen LogP contribution in [0.3, 0.4) is 0 Å². The summed E-state index contributed by atoms with van der Waals surface area (Å²) in [7, 11) is 1.75. The van der Waals surface area contributed by atoms with E-state index in [1.807, 2.05) is 6.92 Å². The van der Waals surface area contributed by atoms with Gasteiger partial charge in [0.25, 0.3) is 5.91 Å². The van der Waals surface area contributed by atoms with Gasteiger partial charge < -0.3 is 10.0 Å². The molecule has 0 unspecified atom stereocenters. The number of nitrogens with zero attached hydrogens (tertiary/aromatic N) is 3. The second-order valence-electron chi connectivity index (χ2n) is 4.45. The number of carbonyl (C=O) groups is 1. The Labute approximate surface area is 88.3 Å². The zero-order valence-corrected chi connectivity index (χ0v) is 9.19. The summed E-state index contributed by atoms with van der Waals surface area (Å²) in [6, 6.07) is 1.76. The minimum Gasteiger partial charge on any atom is -0.386 e. The number of amides is 1. The molecular formula is C10H15N3O2. The van der Waals surface area contributed by atoms with Gasteiger partial charge >= 0.3 is 0 Å². The highest BCUT2D eigenvalue weighted by molar-refractivity contribution is 5.93. The molecule has 82 valence electrons. The third kappa shape index (κ3) is 1.74. The highest BCUT2D eigenvalue weighted by Gasteiger charge is 2.40. The van der Waals surface area contributed by atoms with Gasteiger partial charge in [-0.3, -0.25) is 9.48 Å². The molecular weight excluding hydrogens is 194 g/mol. The Kier molecular flexibility index (Phi) is 2.08. The highest BCUT2D eigenvalue weighted by atomic mass is 16.3. The van der Waals surface area contributed by atoms with Crippen LogP contribution in [0, 0.1) is 6.92 Å². The molecule has 5 heteroatoms. The molecule has 1 aliphatic rings. The molecule has 1 aliphatic heterocycles. The lowest BCUT2D eigenvalue weighted by atomic mass is 9.96. The molecule has 0 bridgehead atoms. The Morgan fingerprint density at radius 1 is 1.60 bits per heavy atom.